The number of halogens is 3. The molecule has 1 aliphatic carbocycles. The second kappa shape index (κ2) is 10.9. The number of aliphatic carboxylic acids is 1. The number of carboxylic acid groups (broad SMARTS) is 1. The SMILES string of the molecule is O=C(O)C1CCCN(CC(O)c2ccc(-c3noc(-c4cnn(C5CCCCC5)c4C(F)(F)F)n3)cc2)C1. The molecule has 2 aromatic heterocycles. The Morgan fingerprint density at radius 3 is 2.53 bits per heavy atom. The standard InChI is InChI=1S/C26H30F3N5O4/c27-26(28,29)22-20(13-30-34(22)19-6-2-1-3-7-19)24-31-23(32-38-24)17-10-8-16(9-11-17)21(35)15-33-12-4-5-18(14-33)25(36)37/h8-11,13,18-19,21,35H,1-7,12,14-15H2,(H,36,37). The molecule has 1 aliphatic heterocycles. The molecular weight excluding hydrogens is 503 g/mol. The average Bonchev–Trinajstić information content (AvgIpc) is 3.57. The van der Waals surface area contributed by atoms with Crippen LogP contribution >= 0.6 is 0 Å². The third-order valence-corrected chi connectivity index (χ3v) is 7.48. The van der Waals surface area contributed by atoms with Gasteiger partial charge in [0.2, 0.25) is 5.82 Å². The average molecular weight is 534 g/mol. The van der Waals surface area contributed by atoms with Gasteiger partial charge in [-0.25, -0.2) is 0 Å². The first-order valence-corrected chi connectivity index (χ1v) is 12.9. The van der Waals surface area contributed by atoms with E-state index < -0.39 is 29.9 Å². The highest BCUT2D eigenvalue weighted by molar-refractivity contribution is 5.70. The molecule has 1 saturated carbocycles. The maximum absolute atomic E-state index is 14.1. The van der Waals surface area contributed by atoms with E-state index in [1.807, 2.05) is 4.90 Å². The lowest BCUT2D eigenvalue weighted by Crippen LogP contribution is -2.40. The van der Waals surface area contributed by atoms with Crippen LogP contribution in [0.4, 0.5) is 13.2 Å². The van der Waals surface area contributed by atoms with Gasteiger partial charge in [0.05, 0.1) is 29.8 Å². The zero-order chi connectivity index (χ0) is 26.9. The molecule has 2 fully saturated rings. The van der Waals surface area contributed by atoms with Crippen molar-refractivity contribution >= 4 is 5.97 Å². The van der Waals surface area contributed by atoms with Crippen molar-refractivity contribution in [3.05, 3.63) is 41.7 Å². The predicted octanol–water partition coefficient (Wildman–Crippen LogP) is 4.95. The van der Waals surface area contributed by atoms with Gasteiger partial charge in [-0.2, -0.15) is 23.3 Å². The summed E-state index contributed by atoms with van der Waals surface area (Å²) < 4.78 is 48.5. The molecule has 0 spiro atoms. The van der Waals surface area contributed by atoms with Crippen LogP contribution in [0, 0.1) is 5.92 Å². The van der Waals surface area contributed by atoms with Crippen molar-refractivity contribution in [2.24, 2.45) is 5.92 Å². The van der Waals surface area contributed by atoms with Crippen molar-refractivity contribution in [3.63, 3.8) is 0 Å². The molecule has 9 nitrogen and oxygen atoms in total. The summed E-state index contributed by atoms with van der Waals surface area (Å²) in [6.07, 6.45) is 1.13. The molecule has 1 saturated heterocycles. The molecule has 2 unspecified atom stereocenters. The lowest BCUT2D eigenvalue weighted by atomic mass is 9.95. The Hall–Kier alpha value is -3.25. The summed E-state index contributed by atoms with van der Waals surface area (Å²) >= 11 is 0. The summed E-state index contributed by atoms with van der Waals surface area (Å²) in [5.41, 5.74) is 0.0344. The van der Waals surface area contributed by atoms with Gasteiger partial charge < -0.3 is 14.7 Å². The van der Waals surface area contributed by atoms with Crippen LogP contribution in [0.25, 0.3) is 22.8 Å². The highest BCUT2D eigenvalue weighted by Crippen LogP contribution is 2.40. The molecule has 0 amide bonds. The molecule has 0 radical (unpaired) electrons. The second-order valence-corrected chi connectivity index (χ2v) is 10.1. The first kappa shape index (κ1) is 26.4. The Bertz CT molecular complexity index is 1250. The Morgan fingerprint density at radius 1 is 1.11 bits per heavy atom. The lowest BCUT2D eigenvalue weighted by Gasteiger charge is -2.32. The number of aromatic nitrogens is 4. The number of nitrogens with zero attached hydrogens (tertiary/aromatic N) is 5. The lowest BCUT2D eigenvalue weighted by molar-refractivity contribution is -0.145. The molecule has 2 aliphatic rings. The van der Waals surface area contributed by atoms with E-state index in [1.165, 1.54) is 0 Å². The smallest absolute Gasteiger partial charge is 0.433 e. The minimum Gasteiger partial charge on any atom is -0.481 e. The highest BCUT2D eigenvalue weighted by atomic mass is 19.4. The number of hydrogen-bond donors (Lipinski definition) is 2. The van der Waals surface area contributed by atoms with Gasteiger partial charge in [0.15, 0.2) is 5.69 Å². The van der Waals surface area contributed by atoms with Crippen LogP contribution in [0.1, 0.15) is 68.3 Å². The number of piperidine rings is 1. The molecule has 5 rings (SSSR count). The van der Waals surface area contributed by atoms with Gasteiger partial charge in [0, 0.05) is 18.7 Å². The van der Waals surface area contributed by atoms with Crippen molar-refractivity contribution in [1.29, 1.82) is 0 Å². The second-order valence-electron chi connectivity index (χ2n) is 10.1. The molecular formula is C26H30F3N5O4. The van der Waals surface area contributed by atoms with Gasteiger partial charge in [-0.1, -0.05) is 48.7 Å². The number of carboxylic acids is 1. The molecule has 2 atom stereocenters. The number of hydrogen-bond acceptors (Lipinski definition) is 7. The van der Waals surface area contributed by atoms with Gasteiger partial charge in [-0.15, -0.1) is 0 Å². The predicted molar refractivity (Wildman–Crippen MR) is 130 cm³/mol. The zero-order valence-corrected chi connectivity index (χ0v) is 20.8. The molecule has 12 heteroatoms. The van der Waals surface area contributed by atoms with Crippen molar-refractivity contribution in [2.45, 2.75) is 63.3 Å². The number of β-amino-alcohol motifs (C(OH)–C–C–N with tert-alkyl or cyclic N) is 1. The molecule has 0 bridgehead atoms. The van der Waals surface area contributed by atoms with Gasteiger partial charge in [-0.05, 0) is 37.8 Å². The van der Waals surface area contributed by atoms with Gasteiger partial charge in [0.25, 0.3) is 5.89 Å². The minimum atomic E-state index is -4.63. The quantitative estimate of drug-likeness (QED) is 0.438. The summed E-state index contributed by atoms with van der Waals surface area (Å²) in [7, 11) is 0. The first-order chi connectivity index (χ1) is 18.2. The fraction of sp³-hybridized carbons (Fsp3) is 0.538. The van der Waals surface area contributed by atoms with Crippen LogP contribution in [0.15, 0.2) is 35.0 Å². The minimum absolute atomic E-state index is 0.125. The molecule has 3 heterocycles. The van der Waals surface area contributed by atoms with E-state index in [9.17, 15) is 28.2 Å². The number of likely N-dealkylation sites (tertiary alicyclic amines) is 1. The molecule has 3 aromatic rings. The number of carbonyl (C=O) groups is 1. The van der Waals surface area contributed by atoms with E-state index in [4.69, 9.17) is 4.52 Å². The van der Waals surface area contributed by atoms with Crippen LogP contribution < -0.4 is 0 Å². The van der Waals surface area contributed by atoms with Crippen molar-refractivity contribution in [2.75, 3.05) is 19.6 Å². The summed E-state index contributed by atoms with van der Waals surface area (Å²) in [5.74, 6) is -1.38. The maximum atomic E-state index is 14.1. The Labute approximate surface area is 217 Å². The fourth-order valence-electron chi connectivity index (χ4n) is 5.48. The number of rotatable bonds is 7. The van der Waals surface area contributed by atoms with Crippen LogP contribution in [-0.2, 0) is 11.0 Å². The summed E-state index contributed by atoms with van der Waals surface area (Å²) in [6, 6.07) is 6.41. The normalized spacial score (nSPS) is 20.5. The number of alkyl halides is 3. The number of aliphatic hydroxyl groups excluding tert-OH is 1. The van der Waals surface area contributed by atoms with Crippen LogP contribution in [0.5, 0.6) is 0 Å². The van der Waals surface area contributed by atoms with Crippen molar-refractivity contribution in [3.8, 4) is 22.8 Å². The molecule has 1 aromatic carbocycles. The van der Waals surface area contributed by atoms with Crippen molar-refractivity contribution < 1.29 is 32.7 Å². The monoisotopic (exact) mass is 533 g/mol. The van der Waals surface area contributed by atoms with E-state index in [2.05, 4.69) is 15.2 Å². The summed E-state index contributed by atoms with van der Waals surface area (Å²) in [5, 5.41) is 27.9. The van der Waals surface area contributed by atoms with E-state index in [0.29, 0.717) is 43.5 Å². The van der Waals surface area contributed by atoms with E-state index in [-0.39, 0.29) is 23.3 Å². The molecule has 2 N–H and O–H groups in total. The number of aliphatic hydroxyl groups is 1. The van der Waals surface area contributed by atoms with Crippen LogP contribution in [0.2, 0.25) is 0 Å². The summed E-state index contributed by atoms with van der Waals surface area (Å²) in [4.78, 5) is 17.5. The van der Waals surface area contributed by atoms with Gasteiger partial charge in [-0.3, -0.25) is 14.4 Å². The van der Waals surface area contributed by atoms with E-state index >= 15 is 0 Å². The fourth-order valence-corrected chi connectivity index (χ4v) is 5.48. The third-order valence-electron chi connectivity index (χ3n) is 7.48. The topological polar surface area (TPSA) is 118 Å². The molecule has 38 heavy (non-hydrogen) atoms. The third kappa shape index (κ3) is 5.60. The maximum Gasteiger partial charge on any atom is 0.433 e. The Kier molecular flexibility index (Phi) is 7.53. The van der Waals surface area contributed by atoms with Crippen molar-refractivity contribution in [1.82, 2.24) is 24.8 Å². The van der Waals surface area contributed by atoms with Gasteiger partial charge >= 0.3 is 12.1 Å². The van der Waals surface area contributed by atoms with Crippen LogP contribution in [0.3, 0.4) is 0 Å². The number of benzene rings is 1. The van der Waals surface area contributed by atoms with Crippen LogP contribution in [-0.4, -0.2) is 60.6 Å². The van der Waals surface area contributed by atoms with E-state index in [0.717, 1.165) is 43.1 Å². The molecule has 204 valence electrons. The summed E-state index contributed by atoms with van der Waals surface area (Å²) in [6.45, 7) is 1.43. The Morgan fingerprint density at radius 2 is 1.84 bits per heavy atom. The zero-order valence-electron chi connectivity index (χ0n) is 20.8. The van der Waals surface area contributed by atoms with Gasteiger partial charge in [0.1, 0.15) is 0 Å². The Balaban J connectivity index is 1.31. The van der Waals surface area contributed by atoms with E-state index in [1.54, 1.807) is 24.3 Å². The largest absolute Gasteiger partial charge is 0.481 e. The highest BCUT2D eigenvalue weighted by Gasteiger charge is 2.41. The first-order valence-electron chi connectivity index (χ1n) is 12.9.